The van der Waals surface area contributed by atoms with Crippen LogP contribution in [0.4, 0.5) is 4.39 Å². The molecule has 0 fully saturated rings. The van der Waals surface area contributed by atoms with Gasteiger partial charge in [0.25, 0.3) is 0 Å². The van der Waals surface area contributed by atoms with Crippen LogP contribution in [-0.2, 0) is 23.9 Å². The molecule has 0 aliphatic carbocycles. The van der Waals surface area contributed by atoms with Crippen molar-refractivity contribution in [2.45, 2.75) is 43.9 Å². The summed E-state index contributed by atoms with van der Waals surface area (Å²) in [6, 6.07) is 6.17. The predicted octanol–water partition coefficient (Wildman–Crippen LogP) is 2.50. The summed E-state index contributed by atoms with van der Waals surface area (Å²) in [6.45, 7) is 5.46. The van der Waals surface area contributed by atoms with E-state index < -0.39 is 27.5 Å². The van der Waals surface area contributed by atoms with Crippen LogP contribution in [0.2, 0.25) is 0 Å². The van der Waals surface area contributed by atoms with Crippen molar-refractivity contribution in [2.75, 3.05) is 6.61 Å². The summed E-state index contributed by atoms with van der Waals surface area (Å²) in [6.07, 6.45) is 4.03. The quantitative estimate of drug-likeness (QED) is 0.706. The molecule has 2 aromatic rings. The Bertz CT molecular complexity index is 828. The number of halogens is 1. The van der Waals surface area contributed by atoms with Crippen LogP contribution in [0.25, 0.3) is 0 Å². The maximum atomic E-state index is 14.4. The molecule has 0 bridgehead atoms. The molecule has 2 unspecified atom stereocenters. The molecule has 0 aliphatic rings. The Labute approximate surface area is 162 Å². The number of nitriles is 1. The van der Waals surface area contributed by atoms with Gasteiger partial charge in [-0.3, -0.25) is 0 Å². The highest BCUT2D eigenvalue weighted by atomic mass is 32.2. The summed E-state index contributed by atoms with van der Waals surface area (Å²) in [4.78, 5) is 4.16. The number of aromatic nitrogens is 2. The van der Waals surface area contributed by atoms with E-state index >= 15 is 0 Å². The molecule has 0 radical (unpaired) electrons. The van der Waals surface area contributed by atoms with Gasteiger partial charge in [-0.15, -0.1) is 4.72 Å². The molecule has 2 rings (SSSR count). The first-order chi connectivity index (χ1) is 12.7. The zero-order valence-electron chi connectivity index (χ0n) is 16.0. The van der Waals surface area contributed by atoms with Crippen molar-refractivity contribution in [1.82, 2.24) is 14.3 Å². The van der Waals surface area contributed by atoms with E-state index in [1.54, 1.807) is 30.2 Å². The van der Waals surface area contributed by atoms with E-state index in [0.717, 1.165) is 0 Å². The minimum atomic E-state index is -1.48. The fraction of sp³-hybridized carbons (Fsp3) is 0.474. The van der Waals surface area contributed by atoms with Gasteiger partial charge in [0.1, 0.15) is 22.2 Å². The zero-order chi connectivity index (χ0) is 20.2. The minimum Gasteiger partial charge on any atom is -0.598 e. The van der Waals surface area contributed by atoms with Gasteiger partial charge >= 0.3 is 0 Å². The Morgan fingerprint density at radius 3 is 2.59 bits per heavy atom. The van der Waals surface area contributed by atoms with Crippen LogP contribution in [0.1, 0.15) is 50.4 Å². The second-order valence-electron chi connectivity index (χ2n) is 7.41. The summed E-state index contributed by atoms with van der Waals surface area (Å²) >= 11 is -1.48. The molecule has 8 heteroatoms. The number of hydrogen-bond donors (Lipinski definition) is 2. The monoisotopic (exact) mass is 392 g/mol. The van der Waals surface area contributed by atoms with Crippen molar-refractivity contribution in [3.63, 3.8) is 0 Å². The van der Waals surface area contributed by atoms with Crippen molar-refractivity contribution >= 4 is 11.4 Å². The van der Waals surface area contributed by atoms with Crippen LogP contribution in [0.3, 0.4) is 0 Å². The summed E-state index contributed by atoms with van der Waals surface area (Å²) in [5.41, 5.74) is 0.115. The van der Waals surface area contributed by atoms with Crippen molar-refractivity contribution in [1.29, 1.82) is 5.26 Å². The number of nitrogens with zero attached hydrogens (tertiary/aromatic N) is 3. The average Bonchev–Trinajstić information content (AvgIpc) is 3.04. The minimum absolute atomic E-state index is 0.0586. The van der Waals surface area contributed by atoms with Gasteiger partial charge in [-0.1, -0.05) is 6.07 Å². The molecule has 27 heavy (non-hydrogen) atoms. The highest BCUT2D eigenvalue weighted by Gasteiger charge is 2.44. The second-order valence-corrected chi connectivity index (χ2v) is 9.38. The van der Waals surface area contributed by atoms with E-state index in [0.29, 0.717) is 24.1 Å². The van der Waals surface area contributed by atoms with Gasteiger partial charge in [0.2, 0.25) is 0 Å². The molecule has 2 N–H and O–H groups in total. The Morgan fingerprint density at radius 1 is 1.41 bits per heavy atom. The van der Waals surface area contributed by atoms with Gasteiger partial charge in [-0.2, -0.15) is 5.26 Å². The van der Waals surface area contributed by atoms with E-state index in [4.69, 9.17) is 5.26 Å². The van der Waals surface area contributed by atoms with Crippen LogP contribution in [0.15, 0.2) is 30.7 Å². The topological polar surface area (TPSA) is 96.9 Å². The normalized spacial score (nSPS) is 15.2. The average molecular weight is 393 g/mol. The van der Waals surface area contributed by atoms with Gasteiger partial charge in [-0.25, -0.2) is 9.37 Å². The Hall–Kier alpha value is -1.92. The lowest BCUT2D eigenvalue weighted by molar-refractivity contribution is 0.262. The molecule has 2 atom stereocenters. The molecule has 0 spiro atoms. The summed E-state index contributed by atoms with van der Waals surface area (Å²) in [5.74, 6) is -0.645. The second kappa shape index (κ2) is 8.40. The van der Waals surface area contributed by atoms with Crippen molar-refractivity contribution in [3.05, 3.63) is 53.4 Å². The third kappa shape index (κ3) is 4.50. The number of hydrogen-bond acceptors (Lipinski definition) is 5. The SMILES string of the molecule is Cn1cncc1C(CCCO)(N[S+]([O-])C(C)(C)C)c1ccc(C#N)c(F)c1. The lowest BCUT2D eigenvalue weighted by atomic mass is 9.83. The summed E-state index contributed by atoms with van der Waals surface area (Å²) in [5, 5.41) is 18.5. The molecule has 0 saturated carbocycles. The zero-order valence-corrected chi connectivity index (χ0v) is 16.8. The summed E-state index contributed by atoms with van der Waals surface area (Å²) < 4.78 is 31.8. The Kier molecular flexibility index (Phi) is 6.65. The first-order valence-electron chi connectivity index (χ1n) is 8.63. The standard InChI is InChI=1S/C19H25FN4O2S/c1-18(2,3)27(26)23-19(8-5-9-25,17-12-22-13-24(17)4)15-7-6-14(11-21)16(20)10-15/h6-7,10,12-13,23,25H,5,8-9H2,1-4H3. The number of rotatable bonds is 7. The predicted molar refractivity (Wildman–Crippen MR) is 102 cm³/mol. The molecular formula is C19H25FN4O2S. The summed E-state index contributed by atoms with van der Waals surface area (Å²) in [7, 11) is 1.80. The number of imidazole rings is 1. The molecule has 0 amide bonds. The number of benzene rings is 1. The van der Waals surface area contributed by atoms with Gasteiger partial charge in [0.05, 0.1) is 23.8 Å². The number of aliphatic hydroxyl groups excluding tert-OH is 1. The van der Waals surface area contributed by atoms with Gasteiger partial charge in [0.15, 0.2) is 0 Å². The third-order valence-electron chi connectivity index (χ3n) is 4.37. The van der Waals surface area contributed by atoms with Gasteiger partial charge in [-0.05, 0) is 51.3 Å². The molecule has 1 heterocycles. The molecule has 1 aromatic heterocycles. The first kappa shape index (κ1) is 21.4. The maximum Gasteiger partial charge on any atom is 0.141 e. The lowest BCUT2D eigenvalue weighted by Gasteiger charge is -2.38. The van der Waals surface area contributed by atoms with Crippen LogP contribution in [-0.4, -0.2) is 30.6 Å². The van der Waals surface area contributed by atoms with E-state index in [1.165, 1.54) is 12.1 Å². The largest absolute Gasteiger partial charge is 0.598 e. The van der Waals surface area contributed by atoms with Crippen molar-refractivity contribution in [3.8, 4) is 6.07 Å². The third-order valence-corrected chi connectivity index (χ3v) is 6.02. The molecular weight excluding hydrogens is 367 g/mol. The molecule has 0 saturated heterocycles. The Morgan fingerprint density at radius 2 is 2.11 bits per heavy atom. The smallest absolute Gasteiger partial charge is 0.141 e. The number of nitrogens with one attached hydrogen (secondary N) is 1. The van der Waals surface area contributed by atoms with Crippen LogP contribution in [0.5, 0.6) is 0 Å². The molecule has 146 valence electrons. The molecule has 0 aliphatic heterocycles. The van der Waals surface area contributed by atoms with Crippen LogP contribution < -0.4 is 4.72 Å². The van der Waals surface area contributed by atoms with E-state index in [1.807, 2.05) is 26.8 Å². The van der Waals surface area contributed by atoms with E-state index in [-0.39, 0.29) is 12.2 Å². The fourth-order valence-electron chi connectivity index (χ4n) is 2.88. The van der Waals surface area contributed by atoms with E-state index in [2.05, 4.69) is 9.71 Å². The highest BCUT2D eigenvalue weighted by Crippen LogP contribution is 2.37. The maximum absolute atomic E-state index is 14.4. The number of aryl methyl sites for hydroxylation is 1. The van der Waals surface area contributed by atoms with Gasteiger partial charge < -0.3 is 14.2 Å². The first-order valence-corrected chi connectivity index (χ1v) is 9.78. The fourth-order valence-corrected chi connectivity index (χ4v) is 3.82. The highest BCUT2D eigenvalue weighted by molar-refractivity contribution is 7.90. The molecule has 6 nitrogen and oxygen atoms in total. The van der Waals surface area contributed by atoms with Gasteiger partial charge in [0, 0.05) is 25.0 Å². The lowest BCUT2D eigenvalue weighted by Crippen LogP contribution is -2.53. The van der Waals surface area contributed by atoms with Crippen molar-refractivity contribution < 1.29 is 14.0 Å². The van der Waals surface area contributed by atoms with E-state index in [9.17, 15) is 14.0 Å². The molecule has 1 aromatic carbocycles. The Balaban J connectivity index is 2.69. The van der Waals surface area contributed by atoms with Crippen LogP contribution >= 0.6 is 0 Å². The van der Waals surface area contributed by atoms with Crippen molar-refractivity contribution in [2.24, 2.45) is 7.05 Å². The number of aliphatic hydroxyl groups is 1. The van der Waals surface area contributed by atoms with Crippen LogP contribution in [0, 0.1) is 17.1 Å².